The maximum Gasteiger partial charge on any atom is 0.273 e. The molecular weight excluding hydrogens is 712 g/mol. The minimum Gasteiger partial charge on any atom is -0.497 e. The van der Waals surface area contributed by atoms with Crippen molar-refractivity contribution in [2.45, 2.75) is 44.7 Å². The Kier molecular flexibility index (Phi) is 12.5. The lowest BCUT2D eigenvalue weighted by Crippen LogP contribution is -2.53. The number of ether oxygens (including phenoxy) is 1. The lowest BCUT2D eigenvalue weighted by Gasteiger charge is -2.34. The highest BCUT2D eigenvalue weighted by atomic mass is 79.9. The molecule has 0 aromatic heterocycles. The van der Waals surface area contributed by atoms with Crippen molar-refractivity contribution >= 4 is 49.1 Å². The normalized spacial score (nSPS) is 11.9. The van der Waals surface area contributed by atoms with Gasteiger partial charge in [0.2, 0.25) is 11.8 Å². The lowest BCUT2D eigenvalue weighted by atomic mass is 10.0. The van der Waals surface area contributed by atoms with Crippen LogP contribution in [-0.2, 0) is 32.6 Å². The molecule has 0 aliphatic carbocycles. The molecule has 0 bridgehead atoms. The molecule has 4 rings (SSSR count). The van der Waals surface area contributed by atoms with Crippen LogP contribution in [0, 0.1) is 23.0 Å². The number of carbonyl (C=O) groups is 2. The number of rotatable bonds is 15. The van der Waals surface area contributed by atoms with Crippen molar-refractivity contribution in [3.05, 3.63) is 128 Å². The van der Waals surface area contributed by atoms with Gasteiger partial charge in [-0.25, -0.2) is 8.42 Å². The van der Waals surface area contributed by atoms with Crippen LogP contribution in [0.25, 0.3) is 0 Å². The first-order valence-corrected chi connectivity index (χ1v) is 17.8. The van der Waals surface area contributed by atoms with Gasteiger partial charge in [0.1, 0.15) is 18.3 Å². The zero-order chi connectivity index (χ0) is 35.7. The number of methoxy groups -OCH3 is 1. The average Bonchev–Trinajstić information content (AvgIpc) is 3.08. The second-order valence-corrected chi connectivity index (χ2v) is 14.7. The maximum absolute atomic E-state index is 14.6. The average molecular weight is 752 g/mol. The van der Waals surface area contributed by atoms with E-state index in [4.69, 9.17) is 4.74 Å². The number of carbonyl (C=O) groups excluding carboxylic acids is 2. The number of sulfonamides is 1. The van der Waals surface area contributed by atoms with E-state index < -0.39 is 33.4 Å². The quantitative estimate of drug-likeness (QED) is 0.111. The van der Waals surface area contributed by atoms with E-state index >= 15 is 0 Å². The molecule has 1 N–H and O–H groups in total. The van der Waals surface area contributed by atoms with Crippen molar-refractivity contribution in [1.82, 2.24) is 10.2 Å². The van der Waals surface area contributed by atoms with Gasteiger partial charge >= 0.3 is 0 Å². The minimum absolute atomic E-state index is 0.00260. The van der Waals surface area contributed by atoms with Crippen molar-refractivity contribution in [3.63, 3.8) is 0 Å². The van der Waals surface area contributed by atoms with Crippen molar-refractivity contribution in [2.24, 2.45) is 5.92 Å². The minimum atomic E-state index is -4.55. The van der Waals surface area contributed by atoms with Gasteiger partial charge in [-0.2, -0.15) is 0 Å². The Labute approximate surface area is 295 Å². The molecule has 0 spiro atoms. The van der Waals surface area contributed by atoms with Crippen LogP contribution in [0.1, 0.15) is 30.5 Å². The van der Waals surface area contributed by atoms with E-state index in [9.17, 15) is 28.1 Å². The number of anilines is 1. The van der Waals surface area contributed by atoms with E-state index in [0.29, 0.717) is 17.9 Å². The summed E-state index contributed by atoms with van der Waals surface area (Å²) in [6.07, 6.45) is 0.171. The summed E-state index contributed by atoms with van der Waals surface area (Å²) >= 11 is 3.48. The maximum atomic E-state index is 14.6. The van der Waals surface area contributed by atoms with Crippen LogP contribution >= 0.6 is 15.9 Å². The van der Waals surface area contributed by atoms with Crippen LogP contribution in [0.5, 0.6) is 5.75 Å². The summed E-state index contributed by atoms with van der Waals surface area (Å²) in [5, 5.41) is 14.7. The Bertz CT molecular complexity index is 1890. The summed E-state index contributed by atoms with van der Waals surface area (Å²) in [7, 11) is -3.08. The van der Waals surface area contributed by atoms with E-state index in [0.717, 1.165) is 20.4 Å². The molecule has 13 heteroatoms. The van der Waals surface area contributed by atoms with Crippen LogP contribution < -0.4 is 14.4 Å². The highest BCUT2D eigenvalue weighted by molar-refractivity contribution is 9.10. The largest absolute Gasteiger partial charge is 0.497 e. The lowest BCUT2D eigenvalue weighted by molar-refractivity contribution is -0.385. The Morgan fingerprint density at radius 1 is 0.939 bits per heavy atom. The molecule has 11 nitrogen and oxygen atoms in total. The second-order valence-electron chi connectivity index (χ2n) is 11.9. The van der Waals surface area contributed by atoms with Crippen LogP contribution in [-0.4, -0.2) is 56.3 Å². The predicted molar refractivity (Wildman–Crippen MR) is 192 cm³/mol. The van der Waals surface area contributed by atoms with Crippen molar-refractivity contribution in [1.29, 1.82) is 0 Å². The number of hydrogen-bond acceptors (Lipinski definition) is 7. The van der Waals surface area contributed by atoms with Gasteiger partial charge in [-0.05, 0) is 66.4 Å². The summed E-state index contributed by atoms with van der Waals surface area (Å²) < 4.78 is 35.6. The number of nitro groups is 1. The van der Waals surface area contributed by atoms with Gasteiger partial charge in [0.05, 0.1) is 22.6 Å². The summed E-state index contributed by atoms with van der Waals surface area (Å²) in [4.78, 5) is 40.7. The number of benzene rings is 4. The van der Waals surface area contributed by atoms with Gasteiger partial charge in [-0.1, -0.05) is 78.3 Å². The van der Waals surface area contributed by atoms with Gasteiger partial charge in [0.15, 0.2) is 0 Å². The number of hydrogen-bond donors (Lipinski definition) is 1. The fourth-order valence-electron chi connectivity index (χ4n) is 5.16. The third kappa shape index (κ3) is 9.67. The van der Waals surface area contributed by atoms with Crippen molar-refractivity contribution in [3.8, 4) is 5.75 Å². The molecule has 1 unspecified atom stereocenters. The zero-order valence-corrected chi connectivity index (χ0v) is 30.1. The van der Waals surface area contributed by atoms with E-state index in [1.54, 1.807) is 12.1 Å². The Hall–Kier alpha value is -4.75. The first-order valence-electron chi connectivity index (χ1n) is 15.6. The summed E-state index contributed by atoms with van der Waals surface area (Å²) in [6, 6.07) is 25.3. The number of amides is 2. The molecule has 0 aliphatic heterocycles. The summed E-state index contributed by atoms with van der Waals surface area (Å²) in [5.74, 6) is -0.431. The first kappa shape index (κ1) is 37.1. The molecule has 0 aliphatic rings. The standard InChI is InChI=1S/C36H39BrN4O7S/c1-25(2)22-38-36(43)34(20-27-9-6-5-7-10-27)39(23-28-11-8-12-29(37)19-28)35(42)24-40(30-14-16-31(48-4)17-15-30)49(46,47)32-18-13-26(3)33(21-32)41(44)45/h5-19,21,25,34H,20,22-24H2,1-4H3,(H,38,43). The van der Waals surface area contributed by atoms with Gasteiger partial charge in [-0.15, -0.1) is 0 Å². The number of nitrogens with zero attached hydrogens (tertiary/aromatic N) is 3. The molecule has 4 aromatic rings. The number of nitro benzene ring substituents is 1. The van der Waals surface area contributed by atoms with E-state index in [1.807, 2.05) is 68.4 Å². The molecular formula is C36H39BrN4O7S. The number of nitrogens with one attached hydrogen (secondary N) is 1. The third-order valence-corrected chi connectivity index (χ3v) is 10.1. The van der Waals surface area contributed by atoms with E-state index in [-0.39, 0.29) is 46.6 Å². The highest BCUT2D eigenvalue weighted by Gasteiger charge is 2.35. The molecule has 4 aromatic carbocycles. The van der Waals surface area contributed by atoms with Gasteiger partial charge < -0.3 is 15.0 Å². The monoisotopic (exact) mass is 750 g/mol. The molecule has 0 radical (unpaired) electrons. The Morgan fingerprint density at radius 3 is 2.22 bits per heavy atom. The van der Waals surface area contributed by atoms with Crippen LogP contribution in [0.2, 0.25) is 0 Å². The van der Waals surface area contributed by atoms with Crippen LogP contribution in [0.4, 0.5) is 11.4 Å². The molecule has 0 heterocycles. The third-order valence-electron chi connectivity index (χ3n) is 7.80. The van der Waals surface area contributed by atoms with Gasteiger partial charge in [0, 0.05) is 35.6 Å². The summed E-state index contributed by atoms with van der Waals surface area (Å²) in [5.41, 5.74) is 1.57. The Morgan fingerprint density at radius 2 is 1.61 bits per heavy atom. The molecule has 0 saturated carbocycles. The molecule has 49 heavy (non-hydrogen) atoms. The van der Waals surface area contributed by atoms with E-state index in [1.165, 1.54) is 43.2 Å². The van der Waals surface area contributed by atoms with E-state index in [2.05, 4.69) is 21.2 Å². The fourth-order valence-corrected chi connectivity index (χ4v) is 7.04. The topological polar surface area (TPSA) is 139 Å². The predicted octanol–water partition coefficient (Wildman–Crippen LogP) is 6.28. The summed E-state index contributed by atoms with van der Waals surface area (Å²) in [6.45, 7) is 5.11. The SMILES string of the molecule is COc1ccc(N(CC(=O)N(Cc2cccc(Br)c2)C(Cc2ccccc2)C(=O)NCC(C)C)S(=O)(=O)c2ccc(C)c([N+](=O)[O-])c2)cc1. The van der Waals surface area contributed by atoms with Crippen molar-refractivity contribution in [2.75, 3.05) is 24.5 Å². The second kappa shape index (κ2) is 16.6. The van der Waals surface area contributed by atoms with Crippen LogP contribution in [0.15, 0.2) is 106 Å². The zero-order valence-electron chi connectivity index (χ0n) is 27.7. The number of aryl methyl sites for hydroxylation is 1. The van der Waals surface area contributed by atoms with Gasteiger partial charge in [0.25, 0.3) is 15.7 Å². The fraction of sp³-hybridized carbons (Fsp3) is 0.278. The van der Waals surface area contributed by atoms with Crippen molar-refractivity contribution < 1.29 is 27.7 Å². The molecule has 258 valence electrons. The van der Waals surface area contributed by atoms with Crippen LogP contribution in [0.3, 0.4) is 0 Å². The first-order chi connectivity index (χ1) is 23.3. The Balaban J connectivity index is 1.84. The molecule has 0 saturated heterocycles. The number of halogens is 1. The molecule has 2 amide bonds. The van der Waals surface area contributed by atoms with Gasteiger partial charge in [-0.3, -0.25) is 24.0 Å². The highest BCUT2D eigenvalue weighted by Crippen LogP contribution is 2.30. The molecule has 0 fully saturated rings. The molecule has 1 atom stereocenters. The smallest absolute Gasteiger partial charge is 0.273 e.